The third-order valence-corrected chi connectivity index (χ3v) is 14.9. The lowest BCUT2D eigenvalue weighted by molar-refractivity contribution is -0.322. The predicted molar refractivity (Wildman–Crippen MR) is 239 cm³/mol. The van der Waals surface area contributed by atoms with Crippen LogP contribution in [0, 0.1) is 29.5 Å². The van der Waals surface area contributed by atoms with Crippen LogP contribution in [-0.4, -0.2) is 123 Å². The Kier molecular flexibility index (Phi) is 12.6. The van der Waals surface area contributed by atoms with E-state index in [4.69, 9.17) is 4.74 Å². The van der Waals surface area contributed by atoms with E-state index in [0.29, 0.717) is 37.9 Å². The molecule has 14 heteroatoms. The maximum absolute atomic E-state index is 14.4. The van der Waals surface area contributed by atoms with Crippen LogP contribution in [0.5, 0.6) is 0 Å². The number of nitrogens with zero attached hydrogens (tertiary/aromatic N) is 4. The highest BCUT2D eigenvalue weighted by Crippen LogP contribution is 2.49. The number of amides is 3. The number of halogens is 2. The van der Waals surface area contributed by atoms with Crippen LogP contribution in [-0.2, 0) is 25.5 Å². The number of fused-ring (bicyclic) bond motifs is 5. The van der Waals surface area contributed by atoms with Gasteiger partial charge in [0.15, 0.2) is 5.78 Å². The zero-order valence-electron chi connectivity index (χ0n) is 36.9. The molecule has 62 heavy (non-hydrogen) atoms. The number of ketones is 1. The molecule has 0 spiro atoms. The number of carbonyl (C=O) groups excluding carboxylic acids is 4. The Morgan fingerprint density at radius 1 is 1.05 bits per heavy atom. The fraction of sp³-hybridized carbons (Fsp3) is 0.583. The molecule has 4 saturated heterocycles. The summed E-state index contributed by atoms with van der Waals surface area (Å²) in [6.45, 7) is 14.2. The first-order chi connectivity index (χ1) is 29.5. The minimum atomic E-state index is -2.01. The number of carbonyl (C=O) groups is 4. The van der Waals surface area contributed by atoms with Crippen LogP contribution in [0.15, 0.2) is 53.1 Å². The van der Waals surface area contributed by atoms with Gasteiger partial charge in [0.05, 0.1) is 10.5 Å². The van der Waals surface area contributed by atoms with Gasteiger partial charge in [0.2, 0.25) is 17.5 Å². The second kappa shape index (κ2) is 17.6. The van der Waals surface area contributed by atoms with Crippen LogP contribution in [0.4, 0.5) is 4.39 Å². The van der Waals surface area contributed by atoms with Crippen molar-refractivity contribution in [2.45, 2.75) is 116 Å². The number of nitrogens with one attached hydrogen (secondary N) is 2. The lowest BCUT2D eigenvalue weighted by Crippen LogP contribution is -2.71. The summed E-state index contributed by atoms with van der Waals surface area (Å²) >= 11 is 3.70. The van der Waals surface area contributed by atoms with Gasteiger partial charge in [0, 0.05) is 47.9 Å². The van der Waals surface area contributed by atoms with Crippen molar-refractivity contribution in [3.05, 3.63) is 75.7 Å². The molecule has 0 saturated carbocycles. The fourth-order valence-corrected chi connectivity index (χ4v) is 11.2. The van der Waals surface area contributed by atoms with Gasteiger partial charge in [-0.3, -0.25) is 33.7 Å². The maximum atomic E-state index is 14.4. The summed E-state index contributed by atoms with van der Waals surface area (Å²) in [7, 11) is 2.03. The van der Waals surface area contributed by atoms with E-state index < -0.39 is 41.5 Å². The van der Waals surface area contributed by atoms with Gasteiger partial charge in [0.25, 0.3) is 11.8 Å². The Morgan fingerprint density at radius 3 is 2.47 bits per heavy atom. The van der Waals surface area contributed by atoms with Crippen molar-refractivity contribution in [1.82, 2.24) is 29.9 Å². The highest BCUT2D eigenvalue weighted by atomic mass is 79.9. The molecule has 6 heterocycles. The number of piperidine rings is 1. The lowest BCUT2D eigenvalue weighted by Gasteiger charge is -2.49. The Labute approximate surface area is 372 Å². The quantitative estimate of drug-likeness (QED) is 0.191. The van der Waals surface area contributed by atoms with Crippen LogP contribution < -0.4 is 5.32 Å². The molecule has 6 atom stereocenters. The Morgan fingerprint density at radius 2 is 1.77 bits per heavy atom. The van der Waals surface area contributed by atoms with Crippen molar-refractivity contribution >= 4 is 55.9 Å². The monoisotopic (exact) mass is 916 g/mol. The third-order valence-electron chi connectivity index (χ3n) is 14.2. The second-order valence-corrected chi connectivity index (χ2v) is 20.0. The molecular formula is C48H62BrFN6O6. The number of ether oxygens (including phenoxy) is 1. The third kappa shape index (κ3) is 8.07. The van der Waals surface area contributed by atoms with Crippen molar-refractivity contribution in [2.24, 2.45) is 23.7 Å². The molecule has 0 bridgehead atoms. The molecular weight excluding hydrogens is 855 g/mol. The first kappa shape index (κ1) is 44.6. The number of aromatic nitrogens is 1. The minimum absolute atomic E-state index is 0.104. The molecule has 0 unspecified atom stereocenters. The van der Waals surface area contributed by atoms with Crippen LogP contribution in [0.2, 0.25) is 0 Å². The van der Waals surface area contributed by atoms with Crippen LogP contribution in [0.3, 0.4) is 0 Å². The summed E-state index contributed by atoms with van der Waals surface area (Å²) in [4.78, 5) is 65.1. The van der Waals surface area contributed by atoms with Gasteiger partial charge in [-0.05, 0) is 146 Å². The van der Waals surface area contributed by atoms with E-state index >= 15 is 0 Å². The number of hydrogen-bond donors (Lipinski definition) is 3. The van der Waals surface area contributed by atoms with Crippen molar-refractivity contribution < 1.29 is 33.4 Å². The van der Waals surface area contributed by atoms with Gasteiger partial charge >= 0.3 is 0 Å². The molecule has 3 amide bonds. The normalized spacial score (nSPS) is 28.8. The van der Waals surface area contributed by atoms with Crippen LogP contribution in [0.1, 0.15) is 101 Å². The molecule has 334 valence electrons. The van der Waals surface area contributed by atoms with Gasteiger partial charge in [-0.15, -0.1) is 0 Å². The number of likely N-dealkylation sites (tertiary alicyclic amines) is 1. The second-order valence-electron chi connectivity index (χ2n) is 19.2. The Bertz CT molecular complexity index is 2240. The lowest BCUT2D eigenvalue weighted by atomic mass is 9.79. The molecule has 0 radical (unpaired) electrons. The maximum Gasteiger partial charge on any atom is 0.281 e. The molecule has 3 N–H and O–H groups in total. The van der Waals surface area contributed by atoms with E-state index in [9.17, 15) is 28.7 Å². The molecule has 1 aliphatic carbocycles. The molecule has 5 aliphatic heterocycles. The highest BCUT2D eigenvalue weighted by molar-refractivity contribution is 9.10. The van der Waals surface area contributed by atoms with E-state index in [1.54, 1.807) is 30.9 Å². The average molecular weight is 918 g/mol. The molecule has 6 aliphatic rings. The average Bonchev–Trinajstić information content (AvgIpc) is 3.92. The van der Waals surface area contributed by atoms with E-state index in [2.05, 4.69) is 55.1 Å². The number of H-pyrrole nitrogens is 1. The van der Waals surface area contributed by atoms with E-state index in [1.807, 2.05) is 33.0 Å². The summed E-state index contributed by atoms with van der Waals surface area (Å²) in [5.41, 5.74) is 3.30. The van der Waals surface area contributed by atoms with E-state index in [-0.39, 0.29) is 35.4 Å². The fourth-order valence-electron chi connectivity index (χ4n) is 10.7. The van der Waals surface area contributed by atoms with Crippen molar-refractivity contribution in [1.29, 1.82) is 0 Å². The van der Waals surface area contributed by atoms with Gasteiger partial charge in [0.1, 0.15) is 17.9 Å². The van der Waals surface area contributed by atoms with Crippen molar-refractivity contribution in [3.63, 3.8) is 0 Å². The molecule has 1 aromatic heterocycles. The highest BCUT2D eigenvalue weighted by Gasteiger charge is 2.72. The minimum Gasteiger partial charge on any atom is -0.349 e. The van der Waals surface area contributed by atoms with E-state index in [0.717, 1.165) is 66.1 Å². The van der Waals surface area contributed by atoms with Gasteiger partial charge < -0.3 is 25.2 Å². The van der Waals surface area contributed by atoms with Gasteiger partial charge in [-0.2, -0.15) is 0 Å². The zero-order chi connectivity index (χ0) is 44.2. The number of aliphatic hydroxyl groups is 1. The van der Waals surface area contributed by atoms with Crippen molar-refractivity contribution in [2.75, 3.05) is 39.8 Å². The summed E-state index contributed by atoms with van der Waals surface area (Å²) in [6, 6.07) is 10.6. The topological polar surface area (TPSA) is 139 Å². The first-order valence-corrected chi connectivity index (χ1v) is 23.4. The number of benzene rings is 2. The van der Waals surface area contributed by atoms with E-state index in [1.165, 1.54) is 40.8 Å². The smallest absolute Gasteiger partial charge is 0.281 e. The number of Topliss-reactive ketones (excluding diaryl/α,β-unsaturated/α-hetero) is 1. The number of piperazine rings is 1. The summed E-state index contributed by atoms with van der Waals surface area (Å²) in [5.74, 6) is -3.35. The molecule has 9 rings (SSSR count). The van der Waals surface area contributed by atoms with Gasteiger partial charge in [-0.25, -0.2) is 4.39 Å². The summed E-state index contributed by atoms with van der Waals surface area (Å²) in [5, 5.41) is 16.3. The number of hydrogen-bond acceptors (Lipinski definition) is 8. The molecule has 12 nitrogen and oxygen atoms in total. The van der Waals surface area contributed by atoms with Crippen LogP contribution >= 0.6 is 15.9 Å². The van der Waals surface area contributed by atoms with Crippen molar-refractivity contribution in [3.8, 4) is 0 Å². The molecule has 3 aromatic rings. The number of likely N-dealkylation sites (N-methyl/N-ethyl adjacent to an activating group) is 1. The largest absolute Gasteiger partial charge is 0.349 e. The Balaban J connectivity index is 0.000000233. The summed E-state index contributed by atoms with van der Waals surface area (Å²) < 4.78 is 20.2. The number of aromatic amines is 1. The van der Waals surface area contributed by atoms with Crippen LogP contribution in [0.25, 0.3) is 16.5 Å². The molecule has 2 aromatic carbocycles. The standard InChI is InChI=1S/C32H40BrN5O5.C16H22FNO/c1-16(2)12-24-29(40)37-11-7-10-25(37)32(42)38(24)30(41)31(43-32,17(3)4)35-28(39)18-13-20-19-8-6-9-22-26(19)21(27(33)34-22)14-23(20)36(5)15-18;1-13-8-11-18(12-9-13)10-2-3-16(19)14-4-6-15(17)7-5-14/h6,8-9,13,16-18,23-25,34,42H,7,10-12,14-15H2,1-5H3,(H,35,39);4-7,13H,2-3,8-12H2,1H3/t18-,23-,24+,25+,31-,32+;/m1./s1. The Hall–Kier alpha value is -3.95. The van der Waals surface area contributed by atoms with Gasteiger partial charge in [-0.1, -0.05) is 52.8 Å². The predicted octanol–water partition coefficient (Wildman–Crippen LogP) is 6.71. The number of rotatable bonds is 10. The SMILES string of the molecule is CC(C)C[C@H]1C(=O)N2CCC[C@H]2[C@]2(O)O[C@](NC(=O)[C@@H]3C=C4c5cccc6[nH]c(Br)c(c56)C[C@H]4N(C)C3)(C(C)C)C(=O)N12.CC1CCN(CCCC(=O)c2ccc(F)cc2)CC1. The zero-order valence-corrected chi connectivity index (χ0v) is 38.5. The summed E-state index contributed by atoms with van der Waals surface area (Å²) in [6.07, 6.45) is 8.47. The first-order valence-electron chi connectivity index (χ1n) is 22.6. The molecule has 4 fully saturated rings.